The van der Waals surface area contributed by atoms with Crippen LogP contribution in [-0.4, -0.2) is 32.9 Å². The number of aromatic nitrogens is 2. The fourth-order valence-corrected chi connectivity index (χ4v) is 5.98. The molecule has 0 spiro atoms. The summed E-state index contributed by atoms with van der Waals surface area (Å²) in [5, 5.41) is 0.596. The molecular formula is C23H25N3O2S. The number of nitrogens with zero attached hydrogens (tertiary/aromatic N) is 3. The fourth-order valence-electron chi connectivity index (χ4n) is 4.99. The van der Waals surface area contributed by atoms with Crippen LogP contribution < -0.4 is 5.56 Å². The average molecular weight is 408 g/mol. The molecule has 3 aromatic rings. The van der Waals surface area contributed by atoms with Gasteiger partial charge in [-0.2, -0.15) is 0 Å². The normalized spacial score (nSPS) is 21.9. The van der Waals surface area contributed by atoms with Crippen molar-refractivity contribution in [2.24, 2.45) is 5.92 Å². The minimum atomic E-state index is -0.126. The Balaban J connectivity index is 1.41. The van der Waals surface area contributed by atoms with Crippen LogP contribution >= 0.6 is 11.3 Å². The number of likely N-dealkylation sites (tertiary alicyclic amines) is 1. The van der Waals surface area contributed by atoms with Gasteiger partial charge in [0.1, 0.15) is 11.4 Å². The Morgan fingerprint density at radius 1 is 1.10 bits per heavy atom. The van der Waals surface area contributed by atoms with E-state index in [-0.39, 0.29) is 18.0 Å². The maximum atomic E-state index is 13.1. The van der Waals surface area contributed by atoms with Gasteiger partial charge in [-0.15, -0.1) is 11.3 Å². The van der Waals surface area contributed by atoms with Crippen molar-refractivity contribution in [3.63, 3.8) is 0 Å². The highest BCUT2D eigenvalue weighted by Gasteiger charge is 2.35. The van der Waals surface area contributed by atoms with Crippen LogP contribution in [0.25, 0.3) is 20.7 Å². The van der Waals surface area contributed by atoms with E-state index in [2.05, 4.69) is 4.98 Å². The standard InChI is InChI=1S/C23H25N3O2S/c27-21(26-12-6-10-16-7-4-5-11-19(16)26)14-25-15-24-22-18(23(25)28)13-20(29-22)17-8-2-1-3-9-17/h1-3,8-9,13,15-16,19H,4-7,10-12,14H2/t16-,19-/m1/s1. The zero-order valence-electron chi connectivity index (χ0n) is 16.4. The lowest BCUT2D eigenvalue weighted by molar-refractivity contribution is -0.138. The van der Waals surface area contributed by atoms with Crippen molar-refractivity contribution < 1.29 is 4.79 Å². The van der Waals surface area contributed by atoms with Crippen molar-refractivity contribution in [2.75, 3.05) is 6.54 Å². The molecule has 0 radical (unpaired) electrons. The Kier molecular flexibility index (Phi) is 4.96. The number of carbonyl (C=O) groups excluding carboxylic acids is 1. The second-order valence-corrected chi connectivity index (χ2v) is 9.25. The van der Waals surface area contributed by atoms with E-state index in [9.17, 15) is 9.59 Å². The average Bonchev–Trinajstić information content (AvgIpc) is 3.21. The van der Waals surface area contributed by atoms with Gasteiger partial charge in [-0.25, -0.2) is 4.98 Å². The Hall–Kier alpha value is -2.47. The molecule has 1 amide bonds. The van der Waals surface area contributed by atoms with Gasteiger partial charge in [0.2, 0.25) is 5.91 Å². The van der Waals surface area contributed by atoms with Crippen LogP contribution in [0.1, 0.15) is 38.5 Å². The molecule has 1 aromatic carbocycles. The van der Waals surface area contributed by atoms with Crippen LogP contribution in [0.4, 0.5) is 0 Å². The number of benzene rings is 1. The van der Waals surface area contributed by atoms with E-state index in [0.29, 0.717) is 17.3 Å². The smallest absolute Gasteiger partial charge is 0.262 e. The second kappa shape index (κ2) is 7.75. The van der Waals surface area contributed by atoms with Crippen LogP contribution in [-0.2, 0) is 11.3 Å². The molecule has 0 unspecified atom stereocenters. The highest BCUT2D eigenvalue weighted by atomic mass is 32.1. The minimum Gasteiger partial charge on any atom is -0.338 e. The molecule has 1 saturated heterocycles. The number of rotatable bonds is 3. The molecule has 5 rings (SSSR count). The van der Waals surface area contributed by atoms with Gasteiger partial charge in [-0.3, -0.25) is 14.2 Å². The van der Waals surface area contributed by atoms with Crippen LogP contribution in [0.15, 0.2) is 47.5 Å². The lowest BCUT2D eigenvalue weighted by Crippen LogP contribution is -2.51. The molecule has 5 nitrogen and oxygen atoms in total. The summed E-state index contributed by atoms with van der Waals surface area (Å²) in [5.41, 5.74) is 0.952. The molecule has 29 heavy (non-hydrogen) atoms. The first kappa shape index (κ1) is 18.6. The maximum absolute atomic E-state index is 13.1. The van der Waals surface area contributed by atoms with Crippen molar-refractivity contribution in [1.82, 2.24) is 14.5 Å². The van der Waals surface area contributed by atoms with E-state index < -0.39 is 0 Å². The monoisotopic (exact) mass is 407 g/mol. The van der Waals surface area contributed by atoms with Crippen molar-refractivity contribution >= 4 is 27.5 Å². The molecule has 0 bridgehead atoms. The Morgan fingerprint density at radius 2 is 1.90 bits per heavy atom. The summed E-state index contributed by atoms with van der Waals surface area (Å²) in [5.74, 6) is 0.701. The largest absolute Gasteiger partial charge is 0.338 e. The topological polar surface area (TPSA) is 55.2 Å². The van der Waals surface area contributed by atoms with E-state index >= 15 is 0 Å². The predicted octanol–water partition coefficient (Wildman–Crippen LogP) is 4.31. The lowest BCUT2D eigenvalue weighted by Gasteiger charge is -2.44. The van der Waals surface area contributed by atoms with E-state index in [1.807, 2.05) is 41.3 Å². The third-order valence-corrected chi connectivity index (χ3v) is 7.54. The molecule has 0 N–H and O–H groups in total. The summed E-state index contributed by atoms with van der Waals surface area (Å²) in [6.07, 6.45) is 8.67. The van der Waals surface area contributed by atoms with E-state index in [1.165, 1.54) is 47.9 Å². The van der Waals surface area contributed by atoms with Crippen LogP contribution in [0, 0.1) is 5.92 Å². The highest BCUT2D eigenvalue weighted by Crippen LogP contribution is 2.35. The number of piperidine rings is 1. The summed E-state index contributed by atoms with van der Waals surface area (Å²) in [6.45, 7) is 0.905. The molecule has 3 heterocycles. The molecule has 2 aromatic heterocycles. The van der Waals surface area contributed by atoms with Crippen molar-refractivity contribution in [3.8, 4) is 10.4 Å². The SMILES string of the molecule is O=C(Cn1cnc2sc(-c3ccccc3)cc2c1=O)N1CCC[C@H]2CCCC[C@H]21. The Bertz CT molecular complexity index is 1090. The number of thiophene rings is 1. The van der Waals surface area contributed by atoms with Gasteiger partial charge < -0.3 is 4.90 Å². The quantitative estimate of drug-likeness (QED) is 0.650. The van der Waals surface area contributed by atoms with Gasteiger partial charge in [0.25, 0.3) is 5.56 Å². The van der Waals surface area contributed by atoms with Gasteiger partial charge in [0, 0.05) is 17.5 Å². The van der Waals surface area contributed by atoms with E-state index in [4.69, 9.17) is 0 Å². The van der Waals surface area contributed by atoms with Crippen LogP contribution in [0.3, 0.4) is 0 Å². The molecule has 1 aliphatic heterocycles. The van der Waals surface area contributed by atoms with Gasteiger partial charge in [-0.05, 0) is 43.2 Å². The number of amides is 1. The van der Waals surface area contributed by atoms with Gasteiger partial charge in [0.15, 0.2) is 0 Å². The highest BCUT2D eigenvalue weighted by molar-refractivity contribution is 7.21. The molecule has 1 aliphatic carbocycles. The van der Waals surface area contributed by atoms with Crippen molar-refractivity contribution in [3.05, 3.63) is 53.1 Å². The first-order valence-corrected chi connectivity index (χ1v) is 11.4. The van der Waals surface area contributed by atoms with Gasteiger partial charge in [-0.1, -0.05) is 43.2 Å². The maximum Gasteiger partial charge on any atom is 0.262 e. The Labute approximate surface area is 174 Å². The molecular weight excluding hydrogens is 382 g/mol. The number of carbonyl (C=O) groups is 1. The van der Waals surface area contributed by atoms with Gasteiger partial charge >= 0.3 is 0 Å². The summed E-state index contributed by atoms with van der Waals surface area (Å²) in [6, 6.07) is 12.3. The third kappa shape index (κ3) is 3.50. The van der Waals surface area contributed by atoms with Crippen molar-refractivity contribution in [2.45, 2.75) is 51.1 Å². The lowest BCUT2D eigenvalue weighted by atomic mass is 9.78. The predicted molar refractivity (Wildman–Crippen MR) is 116 cm³/mol. The van der Waals surface area contributed by atoms with E-state index in [1.54, 1.807) is 0 Å². The zero-order valence-corrected chi connectivity index (χ0v) is 17.2. The summed E-state index contributed by atoms with van der Waals surface area (Å²) in [4.78, 5) is 34.4. The molecule has 150 valence electrons. The molecule has 2 atom stereocenters. The second-order valence-electron chi connectivity index (χ2n) is 8.21. The number of hydrogen-bond donors (Lipinski definition) is 0. The summed E-state index contributed by atoms with van der Waals surface area (Å²) < 4.78 is 1.48. The zero-order chi connectivity index (χ0) is 19.8. The molecule has 6 heteroatoms. The molecule has 2 fully saturated rings. The summed E-state index contributed by atoms with van der Waals surface area (Å²) in [7, 11) is 0. The number of fused-ring (bicyclic) bond motifs is 2. The Morgan fingerprint density at radius 3 is 2.76 bits per heavy atom. The fraction of sp³-hybridized carbons (Fsp3) is 0.435. The number of hydrogen-bond acceptors (Lipinski definition) is 4. The first-order valence-electron chi connectivity index (χ1n) is 10.5. The first-order chi connectivity index (χ1) is 14.2. The third-order valence-electron chi connectivity index (χ3n) is 6.45. The molecule has 2 aliphatic rings. The van der Waals surface area contributed by atoms with E-state index in [0.717, 1.165) is 34.7 Å². The summed E-state index contributed by atoms with van der Waals surface area (Å²) >= 11 is 1.52. The van der Waals surface area contributed by atoms with Crippen LogP contribution in [0.5, 0.6) is 0 Å². The van der Waals surface area contributed by atoms with Crippen LogP contribution in [0.2, 0.25) is 0 Å². The van der Waals surface area contributed by atoms with Gasteiger partial charge in [0.05, 0.1) is 11.7 Å². The molecule has 1 saturated carbocycles. The van der Waals surface area contributed by atoms with Crippen molar-refractivity contribution in [1.29, 1.82) is 0 Å². The minimum absolute atomic E-state index is 0.0587.